The first-order valence-corrected chi connectivity index (χ1v) is 7.33. The minimum absolute atomic E-state index is 0.0230. The van der Waals surface area contributed by atoms with Crippen LogP contribution in [0.1, 0.15) is 40.5 Å². The number of esters is 2. The Labute approximate surface area is 137 Å². The summed E-state index contributed by atoms with van der Waals surface area (Å²) in [5.41, 5.74) is -0.961. The SMILES string of the molecule is CCOC(=O)[C@@H]1CC[C@@H](C(=O)OC(F)(F)F)N1C(=O)OC(C)(C)C. The van der Waals surface area contributed by atoms with Gasteiger partial charge in [-0.15, -0.1) is 13.2 Å². The molecule has 0 aromatic heterocycles. The van der Waals surface area contributed by atoms with E-state index < -0.39 is 42.1 Å². The zero-order chi connectivity index (χ0) is 18.7. The Morgan fingerprint density at radius 2 is 1.50 bits per heavy atom. The third-order valence-electron chi connectivity index (χ3n) is 3.04. The minimum Gasteiger partial charge on any atom is -0.464 e. The molecule has 1 aliphatic rings. The van der Waals surface area contributed by atoms with Crippen LogP contribution < -0.4 is 0 Å². The summed E-state index contributed by atoms with van der Waals surface area (Å²) in [5, 5.41) is 0. The second kappa shape index (κ2) is 7.27. The lowest BCUT2D eigenvalue weighted by Crippen LogP contribution is -2.51. The van der Waals surface area contributed by atoms with Gasteiger partial charge in [0.25, 0.3) is 0 Å². The van der Waals surface area contributed by atoms with Crippen molar-refractivity contribution in [2.24, 2.45) is 0 Å². The van der Waals surface area contributed by atoms with Gasteiger partial charge >= 0.3 is 24.4 Å². The molecule has 1 aliphatic heterocycles. The Balaban J connectivity index is 3.03. The molecule has 0 unspecified atom stereocenters. The predicted octanol–water partition coefficient (Wildman–Crippen LogP) is 2.38. The topological polar surface area (TPSA) is 82.1 Å². The van der Waals surface area contributed by atoms with Crippen molar-refractivity contribution in [2.75, 3.05) is 6.61 Å². The molecule has 2 atom stereocenters. The van der Waals surface area contributed by atoms with Crippen LogP contribution in [-0.2, 0) is 23.8 Å². The van der Waals surface area contributed by atoms with E-state index in [1.54, 1.807) is 27.7 Å². The Bertz CT molecular complexity index is 500. The fourth-order valence-electron chi connectivity index (χ4n) is 2.26. The van der Waals surface area contributed by atoms with E-state index in [2.05, 4.69) is 4.74 Å². The normalized spacial score (nSPS) is 21.4. The highest BCUT2D eigenvalue weighted by molar-refractivity contribution is 5.88. The number of carbonyl (C=O) groups is 3. The lowest BCUT2D eigenvalue weighted by molar-refractivity contribution is -0.307. The van der Waals surface area contributed by atoms with E-state index >= 15 is 0 Å². The maximum atomic E-state index is 12.3. The molecule has 1 rings (SSSR count). The van der Waals surface area contributed by atoms with Crippen molar-refractivity contribution in [1.29, 1.82) is 0 Å². The summed E-state index contributed by atoms with van der Waals surface area (Å²) < 4.78 is 50.1. The third-order valence-corrected chi connectivity index (χ3v) is 3.04. The van der Waals surface area contributed by atoms with Crippen LogP contribution in [0, 0.1) is 0 Å². The Morgan fingerprint density at radius 3 is 1.92 bits per heavy atom. The number of rotatable bonds is 3. The van der Waals surface area contributed by atoms with Crippen molar-refractivity contribution in [2.45, 2.75) is 64.6 Å². The molecule has 0 saturated carbocycles. The van der Waals surface area contributed by atoms with Gasteiger partial charge in [-0.25, -0.2) is 14.4 Å². The molecule has 0 N–H and O–H groups in total. The smallest absolute Gasteiger partial charge is 0.464 e. The second-order valence-electron chi connectivity index (χ2n) is 6.12. The van der Waals surface area contributed by atoms with E-state index in [1.165, 1.54) is 0 Å². The van der Waals surface area contributed by atoms with Gasteiger partial charge in [0.2, 0.25) is 0 Å². The number of carbonyl (C=O) groups excluding carboxylic acids is 3. The summed E-state index contributed by atoms with van der Waals surface area (Å²) >= 11 is 0. The molecule has 7 nitrogen and oxygen atoms in total. The molecule has 0 aromatic carbocycles. The van der Waals surface area contributed by atoms with E-state index in [1.807, 2.05) is 0 Å². The molecular formula is C14H20F3NO6. The summed E-state index contributed by atoms with van der Waals surface area (Å²) in [6.45, 7) is 6.20. The summed E-state index contributed by atoms with van der Waals surface area (Å²) in [7, 11) is 0. The van der Waals surface area contributed by atoms with Crippen LogP contribution in [0.25, 0.3) is 0 Å². The molecule has 1 fully saturated rings. The maximum Gasteiger partial charge on any atom is 0.575 e. The van der Waals surface area contributed by atoms with E-state index in [-0.39, 0.29) is 19.4 Å². The number of nitrogens with zero attached hydrogens (tertiary/aromatic N) is 1. The zero-order valence-electron chi connectivity index (χ0n) is 13.8. The molecule has 24 heavy (non-hydrogen) atoms. The van der Waals surface area contributed by atoms with Gasteiger partial charge < -0.3 is 14.2 Å². The monoisotopic (exact) mass is 355 g/mol. The summed E-state index contributed by atoms with van der Waals surface area (Å²) in [6, 6.07) is -2.78. The first-order valence-electron chi connectivity index (χ1n) is 7.33. The van der Waals surface area contributed by atoms with Gasteiger partial charge in [-0.3, -0.25) is 4.90 Å². The van der Waals surface area contributed by atoms with Crippen molar-refractivity contribution in [1.82, 2.24) is 4.90 Å². The van der Waals surface area contributed by atoms with E-state index in [0.29, 0.717) is 4.90 Å². The Kier molecular flexibility index (Phi) is 6.07. The largest absolute Gasteiger partial charge is 0.575 e. The number of alkyl halides is 3. The van der Waals surface area contributed by atoms with E-state index in [0.717, 1.165) is 0 Å². The van der Waals surface area contributed by atoms with Gasteiger partial charge in [0.05, 0.1) is 6.61 Å². The summed E-state index contributed by atoms with van der Waals surface area (Å²) in [4.78, 5) is 36.6. The molecule has 0 bridgehead atoms. The number of likely N-dealkylation sites (tertiary alicyclic amines) is 1. The Hall–Kier alpha value is -2.00. The van der Waals surface area contributed by atoms with Crippen molar-refractivity contribution < 1.29 is 41.8 Å². The highest BCUT2D eigenvalue weighted by atomic mass is 19.4. The molecule has 1 heterocycles. The van der Waals surface area contributed by atoms with Crippen molar-refractivity contribution in [3.8, 4) is 0 Å². The molecule has 10 heteroatoms. The molecular weight excluding hydrogens is 335 g/mol. The molecule has 0 aromatic rings. The van der Waals surface area contributed by atoms with Gasteiger partial charge in [0, 0.05) is 0 Å². The highest BCUT2D eigenvalue weighted by Gasteiger charge is 2.49. The van der Waals surface area contributed by atoms with Crippen LogP contribution in [0.5, 0.6) is 0 Å². The number of halogens is 3. The van der Waals surface area contributed by atoms with Crippen molar-refractivity contribution in [3.05, 3.63) is 0 Å². The first-order chi connectivity index (χ1) is 10.9. The summed E-state index contributed by atoms with van der Waals surface area (Å²) in [6.07, 6.45) is -6.46. The van der Waals surface area contributed by atoms with Crippen LogP contribution >= 0.6 is 0 Å². The molecule has 0 radical (unpaired) electrons. The average Bonchev–Trinajstić information content (AvgIpc) is 2.79. The van der Waals surface area contributed by atoms with Crippen molar-refractivity contribution >= 4 is 18.0 Å². The van der Waals surface area contributed by atoms with E-state index in [4.69, 9.17) is 9.47 Å². The fraction of sp³-hybridized carbons (Fsp3) is 0.786. The minimum atomic E-state index is -5.18. The lowest BCUT2D eigenvalue weighted by Gasteiger charge is -2.30. The highest BCUT2D eigenvalue weighted by Crippen LogP contribution is 2.30. The standard InChI is InChI=1S/C14H20F3NO6/c1-5-22-10(19)8-6-7-9(11(20)23-14(15,16)17)18(8)12(21)24-13(2,3)4/h8-9H,5-7H2,1-4H3/t8-,9-/m0/s1. The zero-order valence-corrected chi connectivity index (χ0v) is 13.8. The average molecular weight is 355 g/mol. The maximum absolute atomic E-state index is 12.3. The van der Waals surface area contributed by atoms with Gasteiger partial charge in [-0.2, -0.15) is 0 Å². The quantitative estimate of drug-likeness (QED) is 0.571. The van der Waals surface area contributed by atoms with Gasteiger partial charge in [-0.1, -0.05) is 0 Å². The fourth-order valence-corrected chi connectivity index (χ4v) is 2.26. The number of ether oxygens (including phenoxy) is 3. The molecule has 138 valence electrons. The first kappa shape index (κ1) is 20.0. The lowest BCUT2D eigenvalue weighted by atomic mass is 10.2. The third kappa shape index (κ3) is 5.57. The number of amides is 1. The van der Waals surface area contributed by atoms with Gasteiger partial charge in [-0.05, 0) is 40.5 Å². The molecule has 0 spiro atoms. The van der Waals surface area contributed by atoms with E-state index in [9.17, 15) is 27.6 Å². The van der Waals surface area contributed by atoms with Crippen LogP contribution in [0.2, 0.25) is 0 Å². The van der Waals surface area contributed by atoms with Crippen LogP contribution in [-0.4, -0.2) is 53.6 Å². The van der Waals surface area contributed by atoms with Crippen LogP contribution in [0.3, 0.4) is 0 Å². The number of hydrogen-bond donors (Lipinski definition) is 0. The van der Waals surface area contributed by atoms with Gasteiger partial charge in [0.15, 0.2) is 0 Å². The second-order valence-corrected chi connectivity index (χ2v) is 6.12. The van der Waals surface area contributed by atoms with Crippen LogP contribution in [0.4, 0.5) is 18.0 Å². The van der Waals surface area contributed by atoms with Gasteiger partial charge in [0.1, 0.15) is 17.7 Å². The molecule has 0 aliphatic carbocycles. The predicted molar refractivity (Wildman–Crippen MR) is 73.7 cm³/mol. The molecule has 1 amide bonds. The van der Waals surface area contributed by atoms with Crippen molar-refractivity contribution in [3.63, 3.8) is 0 Å². The summed E-state index contributed by atoms with van der Waals surface area (Å²) in [5.74, 6) is -2.48. The number of hydrogen-bond acceptors (Lipinski definition) is 6. The Morgan fingerprint density at radius 1 is 1.00 bits per heavy atom. The molecule has 1 saturated heterocycles. The van der Waals surface area contributed by atoms with Crippen LogP contribution in [0.15, 0.2) is 0 Å².